The van der Waals surface area contributed by atoms with Crippen molar-refractivity contribution < 1.29 is 29.0 Å². The molecule has 4 aliphatic rings. The SMILES string of the molecule is C[C@@H]1[C@@H]([Si](C)(C)O)[C@H](CCO)O[C@@]12C(=O)N(Cc1cccc(N3C(=O)c4cccc5cccc3c45)c1)c1ccc(N3C(=O)c4cccc5cccc3c45)cc12. The van der Waals surface area contributed by atoms with Crippen molar-refractivity contribution in [3.05, 3.63) is 138 Å². The van der Waals surface area contributed by atoms with Crippen molar-refractivity contribution in [3.8, 4) is 0 Å². The molecule has 0 unspecified atom stereocenters. The summed E-state index contributed by atoms with van der Waals surface area (Å²) in [7, 11) is -2.94. The lowest BCUT2D eigenvalue weighted by Crippen LogP contribution is -2.46. The van der Waals surface area contributed by atoms with E-state index in [1.54, 1.807) is 14.7 Å². The van der Waals surface area contributed by atoms with Crippen LogP contribution in [-0.4, -0.2) is 48.7 Å². The normalized spacial score (nSPS) is 22.7. The summed E-state index contributed by atoms with van der Waals surface area (Å²) in [6.07, 6.45) is -0.272. The number of nitrogens with zero attached hydrogens (tertiary/aromatic N) is 3. The van der Waals surface area contributed by atoms with Gasteiger partial charge >= 0.3 is 0 Å². The van der Waals surface area contributed by atoms with Gasteiger partial charge in [0.2, 0.25) is 0 Å². The molecule has 0 radical (unpaired) electrons. The van der Waals surface area contributed by atoms with E-state index in [0.717, 1.165) is 38.5 Å². The van der Waals surface area contributed by atoms with Gasteiger partial charge in [-0.3, -0.25) is 24.2 Å². The Hall–Kier alpha value is -5.65. The summed E-state index contributed by atoms with van der Waals surface area (Å²) >= 11 is 0. The Morgan fingerprint density at radius 2 is 1.27 bits per heavy atom. The molecule has 9 nitrogen and oxygen atoms in total. The summed E-state index contributed by atoms with van der Waals surface area (Å²) in [6.45, 7) is 5.74. The smallest absolute Gasteiger partial charge is 0.264 e. The molecule has 1 spiro atoms. The molecule has 0 bridgehead atoms. The van der Waals surface area contributed by atoms with Gasteiger partial charge in [0.05, 0.1) is 40.8 Å². The number of fused-ring (bicyclic) bond motifs is 2. The number of benzene rings is 6. The Morgan fingerprint density at radius 1 is 0.709 bits per heavy atom. The second-order valence-electron chi connectivity index (χ2n) is 15.8. The van der Waals surface area contributed by atoms with E-state index in [1.165, 1.54) is 0 Å². The minimum Gasteiger partial charge on any atom is -0.432 e. The van der Waals surface area contributed by atoms with Crippen LogP contribution in [0.5, 0.6) is 0 Å². The van der Waals surface area contributed by atoms with E-state index in [9.17, 15) is 19.5 Å². The summed E-state index contributed by atoms with van der Waals surface area (Å²) in [6, 6.07) is 36.7. The Morgan fingerprint density at radius 3 is 1.85 bits per heavy atom. The van der Waals surface area contributed by atoms with E-state index in [2.05, 4.69) is 0 Å². The van der Waals surface area contributed by atoms with Crippen LogP contribution in [0.4, 0.5) is 28.4 Å². The maximum absolute atomic E-state index is 15.2. The molecule has 4 heterocycles. The van der Waals surface area contributed by atoms with Gasteiger partial charge in [-0.1, -0.05) is 67.6 Å². The minimum absolute atomic E-state index is 0.0998. The highest BCUT2D eigenvalue weighted by atomic mass is 28.4. The fourth-order valence-corrected chi connectivity index (χ4v) is 12.7. The lowest BCUT2D eigenvalue weighted by Gasteiger charge is -2.32. The van der Waals surface area contributed by atoms with E-state index in [4.69, 9.17) is 4.74 Å². The number of amides is 3. The number of aliphatic hydroxyl groups is 1. The molecule has 3 amide bonds. The zero-order valence-corrected chi connectivity index (χ0v) is 31.7. The fourth-order valence-electron chi connectivity index (χ4n) is 10.1. The fraction of sp³-hybridized carbons (Fsp3) is 0.222. The lowest BCUT2D eigenvalue weighted by molar-refractivity contribution is -0.146. The van der Waals surface area contributed by atoms with E-state index in [-0.39, 0.29) is 42.8 Å². The van der Waals surface area contributed by atoms with E-state index in [1.807, 2.05) is 135 Å². The summed E-state index contributed by atoms with van der Waals surface area (Å²) < 4.78 is 6.93. The predicted molar refractivity (Wildman–Crippen MR) is 216 cm³/mol. The monoisotopic (exact) mass is 745 g/mol. The van der Waals surface area contributed by atoms with Gasteiger partial charge in [0, 0.05) is 45.8 Å². The first-order valence-electron chi connectivity index (χ1n) is 18.8. The Labute approximate surface area is 319 Å². The van der Waals surface area contributed by atoms with Crippen LogP contribution < -0.4 is 14.7 Å². The highest BCUT2D eigenvalue weighted by Gasteiger charge is 2.66. The number of anilines is 5. The van der Waals surface area contributed by atoms with Crippen molar-refractivity contribution in [1.82, 2.24) is 0 Å². The van der Waals surface area contributed by atoms with Crippen LogP contribution in [0.2, 0.25) is 18.6 Å². The van der Waals surface area contributed by atoms with Crippen molar-refractivity contribution in [2.75, 3.05) is 21.3 Å². The van der Waals surface area contributed by atoms with Crippen LogP contribution in [0.1, 0.15) is 45.2 Å². The van der Waals surface area contributed by atoms with Crippen LogP contribution in [-0.2, 0) is 21.7 Å². The molecule has 1 saturated heterocycles. The molecular formula is C45H39N3O6Si. The summed E-state index contributed by atoms with van der Waals surface area (Å²) in [5.74, 6) is -0.941. The van der Waals surface area contributed by atoms with E-state index >= 15 is 4.79 Å². The molecular weight excluding hydrogens is 707 g/mol. The molecule has 0 saturated carbocycles. The molecule has 10 rings (SSSR count). The van der Waals surface area contributed by atoms with Gasteiger partial charge in [0.15, 0.2) is 13.9 Å². The zero-order valence-electron chi connectivity index (χ0n) is 30.7. The number of hydrogen-bond acceptors (Lipinski definition) is 6. The quantitative estimate of drug-likeness (QED) is 0.159. The number of rotatable bonds is 7. The summed E-state index contributed by atoms with van der Waals surface area (Å²) in [4.78, 5) is 60.0. The third kappa shape index (κ3) is 4.66. The number of hydrogen-bond donors (Lipinski definition) is 2. The van der Waals surface area contributed by atoms with Crippen LogP contribution >= 0.6 is 0 Å². The highest BCUT2D eigenvalue weighted by molar-refractivity contribution is 6.71. The summed E-state index contributed by atoms with van der Waals surface area (Å²) in [5.41, 5.74) is 4.49. The second-order valence-corrected chi connectivity index (χ2v) is 19.8. The van der Waals surface area contributed by atoms with Gasteiger partial charge in [0.1, 0.15) is 0 Å². The summed E-state index contributed by atoms with van der Waals surface area (Å²) in [5, 5.41) is 13.9. The number of aliphatic hydroxyl groups excluding tert-OH is 1. The average molecular weight is 746 g/mol. The maximum Gasteiger partial charge on any atom is 0.264 e. The molecule has 2 N–H and O–H groups in total. The molecule has 6 aromatic carbocycles. The number of carbonyl (C=O) groups is 3. The average Bonchev–Trinajstić information content (AvgIpc) is 3.82. The van der Waals surface area contributed by atoms with Crippen molar-refractivity contribution in [3.63, 3.8) is 0 Å². The van der Waals surface area contributed by atoms with Crippen molar-refractivity contribution >= 4 is 76.0 Å². The first-order chi connectivity index (χ1) is 26.5. The Kier molecular flexibility index (Phi) is 7.34. The Balaban J connectivity index is 1.08. The maximum atomic E-state index is 15.2. The first kappa shape index (κ1) is 33.9. The van der Waals surface area contributed by atoms with Gasteiger partial charge in [-0.15, -0.1) is 0 Å². The predicted octanol–water partition coefficient (Wildman–Crippen LogP) is 8.30. The molecule has 10 heteroatoms. The topological polar surface area (TPSA) is 111 Å². The third-order valence-electron chi connectivity index (χ3n) is 12.3. The van der Waals surface area contributed by atoms with Crippen LogP contribution in [0.3, 0.4) is 0 Å². The molecule has 0 aromatic heterocycles. The largest absolute Gasteiger partial charge is 0.432 e. The standard InChI is InChI=1S/C45H39N3O6Si/c1-26-41(55(2,3)53)38(21-22-49)54-45(26)34-24-31(48-37-18-8-13-29-11-6-16-33(40(29)37)43(48)51)19-20-35(34)46(44(45)52)25-27-9-4-14-30(23-27)47-36-17-7-12-28-10-5-15-32(39(28)36)42(47)50/h4-20,23-24,26,38,41,49,53H,21-22,25H2,1-3H3/t26-,38+,41-,45+/m1/s1. The highest BCUT2D eigenvalue weighted by Crippen LogP contribution is 2.60. The molecule has 4 aliphatic heterocycles. The molecule has 274 valence electrons. The molecule has 0 aliphatic carbocycles. The van der Waals surface area contributed by atoms with Gasteiger partial charge in [-0.05, 0) is 90.4 Å². The molecule has 55 heavy (non-hydrogen) atoms. The minimum atomic E-state index is -2.94. The first-order valence-corrected chi connectivity index (χ1v) is 21.8. The molecule has 1 fully saturated rings. The third-order valence-corrected chi connectivity index (χ3v) is 14.8. The van der Waals surface area contributed by atoms with Gasteiger partial charge < -0.3 is 19.5 Å². The Bertz CT molecular complexity index is 2640. The van der Waals surface area contributed by atoms with Crippen molar-refractivity contribution in [2.45, 2.75) is 50.2 Å². The number of carbonyl (C=O) groups excluding carboxylic acids is 3. The lowest BCUT2D eigenvalue weighted by atomic mass is 9.82. The van der Waals surface area contributed by atoms with Crippen molar-refractivity contribution in [1.29, 1.82) is 0 Å². The van der Waals surface area contributed by atoms with Crippen molar-refractivity contribution in [2.24, 2.45) is 5.92 Å². The van der Waals surface area contributed by atoms with E-state index in [0.29, 0.717) is 33.8 Å². The van der Waals surface area contributed by atoms with Crippen LogP contribution in [0, 0.1) is 5.92 Å². The van der Waals surface area contributed by atoms with E-state index < -0.39 is 25.9 Å². The van der Waals surface area contributed by atoms with Crippen LogP contribution in [0.15, 0.2) is 115 Å². The van der Waals surface area contributed by atoms with Crippen LogP contribution in [0.25, 0.3) is 21.5 Å². The second kappa shape index (κ2) is 11.9. The number of ether oxygens (including phenoxy) is 1. The van der Waals surface area contributed by atoms with Gasteiger partial charge in [-0.25, -0.2) is 0 Å². The van der Waals surface area contributed by atoms with Gasteiger partial charge in [-0.2, -0.15) is 0 Å². The molecule has 4 atom stereocenters. The zero-order chi connectivity index (χ0) is 38.0. The molecule has 6 aromatic rings. The van der Waals surface area contributed by atoms with Gasteiger partial charge in [0.25, 0.3) is 17.7 Å².